The van der Waals surface area contributed by atoms with Crippen LogP contribution in [0.1, 0.15) is 30.3 Å². The van der Waals surface area contributed by atoms with Gasteiger partial charge in [-0.25, -0.2) is 9.78 Å². The zero-order chi connectivity index (χ0) is 16.4. The Morgan fingerprint density at radius 3 is 2.96 bits per heavy atom. The maximum Gasteiger partial charge on any atom is 0.432 e. The fraction of sp³-hybridized carbons (Fsp3) is 0.462. The summed E-state index contributed by atoms with van der Waals surface area (Å²) in [7, 11) is 0. The SMILES string of the molecule is O=C(Nc1ccon1)N1CCCC(c2ncc(C(F)(F)F)[nH]2)C1. The van der Waals surface area contributed by atoms with Gasteiger partial charge in [0, 0.05) is 25.1 Å². The van der Waals surface area contributed by atoms with E-state index < -0.39 is 11.9 Å². The third-order valence-corrected chi connectivity index (χ3v) is 3.67. The molecule has 10 heteroatoms. The van der Waals surface area contributed by atoms with Crippen LogP contribution in [0.4, 0.5) is 23.8 Å². The molecule has 1 fully saturated rings. The van der Waals surface area contributed by atoms with Gasteiger partial charge in [-0.15, -0.1) is 0 Å². The van der Waals surface area contributed by atoms with E-state index in [1.807, 2.05) is 0 Å². The molecule has 0 aromatic carbocycles. The molecule has 0 saturated carbocycles. The van der Waals surface area contributed by atoms with Gasteiger partial charge < -0.3 is 14.4 Å². The topological polar surface area (TPSA) is 87.1 Å². The Hall–Kier alpha value is -2.52. The smallest absolute Gasteiger partial charge is 0.363 e. The van der Waals surface area contributed by atoms with E-state index in [-0.39, 0.29) is 30.1 Å². The number of aromatic amines is 1. The van der Waals surface area contributed by atoms with Gasteiger partial charge in [0.2, 0.25) is 0 Å². The average molecular weight is 329 g/mol. The normalized spacial score (nSPS) is 18.9. The van der Waals surface area contributed by atoms with E-state index in [9.17, 15) is 18.0 Å². The van der Waals surface area contributed by atoms with E-state index in [0.717, 1.165) is 6.20 Å². The molecule has 124 valence electrons. The number of urea groups is 1. The molecule has 0 radical (unpaired) electrons. The Bertz CT molecular complexity index is 667. The number of alkyl halides is 3. The summed E-state index contributed by atoms with van der Waals surface area (Å²) in [5.74, 6) is 0.272. The molecule has 1 unspecified atom stereocenters. The molecule has 2 N–H and O–H groups in total. The quantitative estimate of drug-likeness (QED) is 0.887. The molecule has 1 aliphatic rings. The Morgan fingerprint density at radius 2 is 2.30 bits per heavy atom. The van der Waals surface area contributed by atoms with Crippen LogP contribution in [0.2, 0.25) is 0 Å². The van der Waals surface area contributed by atoms with E-state index in [0.29, 0.717) is 19.4 Å². The number of carbonyl (C=O) groups is 1. The number of carbonyl (C=O) groups excluding carboxylic acids is 1. The van der Waals surface area contributed by atoms with Gasteiger partial charge in [-0.3, -0.25) is 5.32 Å². The minimum absolute atomic E-state index is 0.247. The lowest BCUT2D eigenvalue weighted by molar-refractivity contribution is -0.141. The minimum atomic E-state index is -4.45. The number of nitrogens with zero attached hydrogens (tertiary/aromatic N) is 3. The van der Waals surface area contributed by atoms with Gasteiger partial charge in [-0.1, -0.05) is 5.16 Å². The number of halogens is 3. The molecule has 3 rings (SSSR count). The second-order valence-corrected chi connectivity index (χ2v) is 5.28. The predicted octanol–water partition coefficient (Wildman–Crippen LogP) is 2.83. The van der Waals surface area contributed by atoms with Gasteiger partial charge in [0.15, 0.2) is 5.82 Å². The number of nitrogens with one attached hydrogen (secondary N) is 2. The molecule has 3 heterocycles. The zero-order valence-corrected chi connectivity index (χ0v) is 11.9. The van der Waals surface area contributed by atoms with Gasteiger partial charge in [-0.05, 0) is 12.8 Å². The number of aromatic nitrogens is 3. The van der Waals surface area contributed by atoms with E-state index in [4.69, 9.17) is 0 Å². The summed E-state index contributed by atoms with van der Waals surface area (Å²) in [5.41, 5.74) is -0.878. The Kier molecular flexibility index (Phi) is 3.97. The number of anilines is 1. The second-order valence-electron chi connectivity index (χ2n) is 5.28. The Morgan fingerprint density at radius 1 is 1.48 bits per heavy atom. The molecular weight excluding hydrogens is 315 g/mol. The first-order chi connectivity index (χ1) is 10.9. The number of H-pyrrole nitrogens is 1. The van der Waals surface area contributed by atoms with Crippen LogP contribution < -0.4 is 5.32 Å². The van der Waals surface area contributed by atoms with E-state index in [1.165, 1.54) is 17.2 Å². The van der Waals surface area contributed by atoms with Crippen LogP contribution in [0.15, 0.2) is 23.0 Å². The highest BCUT2D eigenvalue weighted by Gasteiger charge is 2.34. The van der Waals surface area contributed by atoms with Crippen molar-refractivity contribution in [2.75, 3.05) is 18.4 Å². The summed E-state index contributed by atoms with van der Waals surface area (Å²) in [4.78, 5) is 19.8. The third kappa shape index (κ3) is 3.46. The number of likely N-dealkylation sites (tertiary alicyclic amines) is 1. The fourth-order valence-electron chi connectivity index (χ4n) is 2.54. The van der Waals surface area contributed by atoms with Crippen LogP contribution in [-0.4, -0.2) is 39.1 Å². The number of amides is 2. The van der Waals surface area contributed by atoms with Crippen molar-refractivity contribution >= 4 is 11.8 Å². The second kappa shape index (κ2) is 5.94. The first-order valence-electron chi connectivity index (χ1n) is 7.02. The van der Waals surface area contributed by atoms with Gasteiger partial charge in [0.25, 0.3) is 0 Å². The van der Waals surface area contributed by atoms with Gasteiger partial charge >= 0.3 is 12.2 Å². The summed E-state index contributed by atoms with van der Waals surface area (Å²) in [6.45, 7) is 0.807. The van der Waals surface area contributed by atoms with E-state index in [1.54, 1.807) is 0 Å². The first-order valence-corrected chi connectivity index (χ1v) is 7.02. The van der Waals surface area contributed by atoms with Gasteiger partial charge in [-0.2, -0.15) is 13.2 Å². The summed E-state index contributed by atoms with van der Waals surface area (Å²) in [6.07, 6.45) is -0.999. The lowest BCUT2D eigenvalue weighted by atomic mass is 9.97. The van der Waals surface area contributed by atoms with Crippen molar-refractivity contribution in [3.63, 3.8) is 0 Å². The summed E-state index contributed by atoms with van der Waals surface area (Å²) in [6, 6.07) is 1.13. The summed E-state index contributed by atoms with van der Waals surface area (Å²) < 4.78 is 42.5. The lowest BCUT2D eigenvalue weighted by Gasteiger charge is -2.31. The van der Waals surface area contributed by atoms with Crippen molar-refractivity contribution in [1.82, 2.24) is 20.0 Å². The maximum absolute atomic E-state index is 12.6. The van der Waals surface area contributed by atoms with Crippen LogP contribution in [0.25, 0.3) is 0 Å². The first kappa shape index (κ1) is 15.4. The molecule has 1 saturated heterocycles. The molecule has 23 heavy (non-hydrogen) atoms. The number of hydrogen-bond donors (Lipinski definition) is 2. The van der Waals surface area contributed by atoms with Crippen molar-refractivity contribution in [3.8, 4) is 0 Å². The third-order valence-electron chi connectivity index (χ3n) is 3.67. The van der Waals surface area contributed by atoms with Crippen LogP contribution in [0.3, 0.4) is 0 Å². The molecular formula is C13H14F3N5O2. The summed E-state index contributed by atoms with van der Waals surface area (Å²) in [5, 5.41) is 6.15. The molecule has 0 bridgehead atoms. The van der Waals surface area contributed by atoms with Gasteiger partial charge in [0.1, 0.15) is 17.8 Å². The fourth-order valence-corrected chi connectivity index (χ4v) is 2.54. The van der Waals surface area contributed by atoms with Crippen molar-refractivity contribution in [3.05, 3.63) is 30.0 Å². The molecule has 2 aromatic rings. The highest BCUT2D eigenvalue weighted by molar-refractivity contribution is 5.88. The standard InChI is InChI=1S/C13H14F3N5O2/c14-13(15,16)9-6-17-11(18-9)8-2-1-4-21(7-8)12(22)19-10-3-5-23-20-10/h3,5-6,8H,1-2,4,7H2,(H,17,18)(H,19,20,22). The van der Waals surface area contributed by atoms with Crippen molar-refractivity contribution in [1.29, 1.82) is 0 Å². The number of piperidine rings is 1. The molecule has 7 nitrogen and oxygen atoms in total. The van der Waals surface area contributed by atoms with E-state index >= 15 is 0 Å². The van der Waals surface area contributed by atoms with Crippen LogP contribution in [0.5, 0.6) is 0 Å². The monoisotopic (exact) mass is 329 g/mol. The lowest BCUT2D eigenvalue weighted by Crippen LogP contribution is -2.41. The molecule has 1 atom stereocenters. The van der Waals surface area contributed by atoms with Crippen molar-refractivity contribution in [2.45, 2.75) is 24.9 Å². The Labute approximate surface area is 128 Å². The summed E-state index contributed by atoms with van der Waals surface area (Å²) >= 11 is 0. The van der Waals surface area contributed by atoms with E-state index in [2.05, 4.69) is 25.0 Å². The zero-order valence-electron chi connectivity index (χ0n) is 11.9. The number of hydrogen-bond acceptors (Lipinski definition) is 4. The molecule has 1 aliphatic heterocycles. The Balaban J connectivity index is 1.66. The largest absolute Gasteiger partial charge is 0.432 e. The van der Waals surface area contributed by atoms with Crippen LogP contribution >= 0.6 is 0 Å². The maximum atomic E-state index is 12.6. The van der Waals surface area contributed by atoms with Crippen LogP contribution in [-0.2, 0) is 6.18 Å². The minimum Gasteiger partial charge on any atom is -0.363 e. The van der Waals surface area contributed by atoms with Crippen molar-refractivity contribution < 1.29 is 22.5 Å². The molecule has 0 spiro atoms. The highest BCUT2D eigenvalue weighted by Crippen LogP contribution is 2.31. The van der Waals surface area contributed by atoms with Gasteiger partial charge in [0.05, 0.1) is 6.20 Å². The average Bonchev–Trinajstić information content (AvgIpc) is 3.18. The molecule has 0 aliphatic carbocycles. The molecule has 2 amide bonds. The molecule has 2 aromatic heterocycles. The predicted molar refractivity (Wildman–Crippen MR) is 72.7 cm³/mol. The highest BCUT2D eigenvalue weighted by atomic mass is 19.4. The van der Waals surface area contributed by atoms with Crippen molar-refractivity contribution in [2.24, 2.45) is 0 Å². The number of imidazole rings is 1. The number of rotatable bonds is 2. The van der Waals surface area contributed by atoms with Crippen LogP contribution in [0, 0.1) is 0 Å².